The first-order valence-electron chi connectivity index (χ1n) is 38.3. The molecule has 0 spiro atoms. The Morgan fingerprint density at radius 2 is 1.09 bits per heavy atom. The molecule has 103 heavy (non-hydrogen) atoms. The van der Waals surface area contributed by atoms with E-state index in [1.807, 2.05) is 68.0 Å². The van der Waals surface area contributed by atoms with Crippen LogP contribution in [-0.4, -0.2) is 265 Å². The summed E-state index contributed by atoms with van der Waals surface area (Å²) in [6.45, 7) is 35.6. The van der Waals surface area contributed by atoms with E-state index in [-0.39, 0.29) is 108 Å². The minimum atomic E-state index is -3.96. The number of nitrogens with one attached hydrogen (secondary N) is 2. The SMILES string of the molecule is C=C(O)COCCC[SiH](NC(C)COCC(C)N)O[Si](O[Si](C)(C)CCCOCC(O)CNC(C)COCC(C)N)(O[Si](C)(C)O[Si](C)(C)CCCOCC(O)CN(C1CCC(CC2CCC(N(C)C(CC(=O)OCC)C(=O)OCC)CC2)CC1)C(CC(=O)OCC)C(=O)OCC)c1ccccc1. The van der Waals surface area contributed by atoms with Gasteiger partial charge >= 0.3 is 41.2 Å². The van der Waals surface area contributed by atoms with Crippen LogP contribution in [0.1, 0.15) is 145 Å². The van der Waals surface area contributed by atoms with Gasteiger partial charge in [0, 0.05) is 74.3 Å². The predicted octanol–water partition coefficient (Wildman–Crippen LogP) is 7.44. The quantitative estimate of drug-likeness (QED) is 0.0109. The van der Waals surface area contributed by atoms with Gasteiger partial charge in [-0.05, 0) is 209 Å². The fourth-order valence-electron chi connectivity index (χ4n) is 13.6. The number of ether oxygens (including phenoxy) is 9. The van der Waals surface area contributed by atoms with Crippen LogP contribution < -0.4 is 27.0 Å². The molecule has 0 saturated heterocycles. The van der Waals surface area contributed by atoms with E-state index in [2.05, 4.69) is 63.1 Å². The zero-order chi connectivity index (χ0) is 76.6. The number of rotatable bonds is 58. The normalized spacial score (nSPS) is 20.2. The van der Waals surface area contributed by atoms with Crippen molar-refractivity contribution in [3.63, 3.8) is 0 Å². The van der Waals surface area contributed by atoms with Crippen molar-refractivity contribution in [2.24, 2.45) is 23.3 Å². The molecular formula is C72H140N6O20Si5. The molecular weight excluding hydrogens is 1410 g/mol. The van der Waals surface area contributed by atoms with Crippen LogP contribution in [0, 0.1) is 11.8 Å². The monoisotopic (exact) mass is 1550 g/mol. The Labute approximate surface area is 624 Å². The largest absolute Gasteiger partial charge is 0.510 e. The number of esters is 4. The Kier molecular flexibility index (Phi) is 46.4. The molecule has 31 heteroatoms. The van der Waals surface area contributed by atoms with Crippen LogP contribution in [0.2, 0.25) is 57.4 Å². The molecule has 1 aromatic rings. The van der Waals surface area contributed by atoms with Crippen LogP contribution in [0.25, 0.3) is 0 Å². The standard InChI is InChI=1S/C72H140N6O20Si5/c1-17-91-69(82)44-67(71(84)93-19-3)77(10)62-33-29-60(30-34-62)43-61-31-35-63(36-32-61)78(68(72(85)94-20-4)45-70(83)92-18-2)47-65(81)54-88-39-25-41-100(11,12)96-102(15,16)98-103(66-27-22-21-23-28-66,95-99(40-24-37-86-52-59(9)79)76-58(8)51-90-49-56(6)74)97-101(13,14)42-26-38-87-53-64(80)46-75-57(7)50-89-48-55(5)73/h21-23,27-28,55-58,60-65,67-68,75-76,79-81,99H,9,17-20,24-26,29-54,73-74H2,1-8,10-16H3. The maximum atomic E-state index is 13.9. The van der Waals surface area contributed by atoms with Crippen molar-refractivity contribution in [1.29, 1.82) is 0 Å². The van der Waals surface area contributed by atoms with Crippen LogP contribution in [0.3, 0.4) is 0 Å². The minimum Gasteiger partial charge on any atom is -0.510 e. The molecule has 10 atom stereocenters. The fraction of sp³-hybridized carbons (Fsp3) is 0.833. The highest BCUT2D eigenvalue weighted by Gasteiger charge is 2.55. The summed E-state index contributed by atoms with van der Waals surface area (Å²) < 4.78 is 81.6. The molecule has 2 aliphatic rings. The second-order valence-electron chi connectivity index (χ2n) is 30.1. The van der Waals surface area contributed by atoms with Crippen molar-refractivity contribution < 1.29 is 93.6 Å². The highest BCUT2D eigenvalue weighted by molar-refractivity contribution is 6.94. The van der Waals surface area contributed by atoms with E-state index < -0.39 is 91.4 Å². The number of aliphatic hydroxyl groups is 3. The molecule has 0 bridgehead atoms. The molecule has 0 radical (unpaired) electrons. The second kappa shape index (κ2) is 50.7. The first-order valence-corrected chi connectivity index (χ1v) is 51.0. The van der Waals surface area contributed by atoms with Gasteiger partial charge in [-0.25, -0.2) is 0 Å². The van der Waals surface area contributed by atoms with Crippen molar-refractivity contribution in [3.8, 4) is 0 Å². The summed E-state index contributed by atoms with van der Waals surface area (Å²) in [5, 5.41) is 36.6. The summed E-state index contributed by atoms with van der Waals surface area (Å²) in [6.07, 6.45) is 8.27. The topological polar surface area (TPSA) is 332 Å². The highest BCUT2D eigenvalue weighted by atomic mass is 28.5. The van der Waals surface area contributed by atoms with Crippen LogP contribution in [0.4, 0.5) is 0 Å². The number of hydrogen-bond acceptors (Lipinski definition) is 26. The zero-order valence-corrected chi connectivity index (χ0v) is 70.9. The van der Waals surface area contributed by atoms with Crippen LogP contribution in [0.5, 0.6) is 0 Å². The minimum absolute atomic E-state index is 0.00345. The third-order valence-electron chi connectivity index (χ3n) is 18.3. The van der Waals surface area contributed by atoms with Gasteiger partial charge in [0.15, 0.2) is 16.6 Å². The van der Waals surface area contributed by atoms with Crippen LogP contribution in [0.15, 0.2) is 42.7 Å². The average molecular weight is 1550 g/mol. The molecule has 2 aliphatic carbocycles. The lowest BCUT2D eigenvalue weighted by molar-refractivity contribution is -0.158. The first-order chi connectivity index (χ1) is 48.7. The molecule has 0 aromatic heterocycles. The number of hydrogen-bond donors (Lipinski definition) is 7. The van der Waals surface area contributed by atoms with E-state index >= 15 is 0 Å². The van der Waals surface area contributed by atoms with E-state index in [1.165, 1.54) is 0 Å². The number of aliphatic hydroxyl groups excluding tert-OH is 3. The summed E-state index contributed by atoms with van der Waals surface area (Å²) >= 11 is 0. The van der Waals surface area contributed by atoms with Crippen molar-refractivity contribution in [2.75, 3.05) is 113 Å². The molecule has 0 heterocycles. The molecule has 3 rings (SSSR count). The Morgan fingerprint density at radius 1 is 0.602 bits per heavy atom. The Bertz CT molecular complexity index is 2490. The fourth-order valence-corrected chi connectivity index (χ4v) is 35.4. The molecule has 0 amide bonds. The molecule has 0 aliphatic heterocycles. The summed E-state index contributed by atoms with van der Waals surface area (Å²) in [7, 11) is -13.1. The number of nitrogens with zero attached hydrogens (tertiary/aromatic N) is 2. The predicted molar refractivity (Wildman–Crippen MR) is 413 cm³/mol. The number of nitrogens with two attached hydrogens (primary N) is 2. The number of benzene rings is 1. The average Bonchev–Trinajstić information content (AvgIpc) is 0.773. The Morgan fingerprint density at radius 3 is 1.61 bits per heavy atom. The summed E-state index contributed by atoms with van der Waals surface area (Å²) in [6, 6.07) is 10.1. The third-order valence-corrected chi connectivity index (χ3v) is 37.2. The van der Waals surface area contributed by atoms with Gasteiger partial charge < -0.3 is 96.2 Å². The molecule has 9 N–H and O–H groups in total. The van der Waals surface area contributed by atoms with E-state index in [0.29, 0.717) is 102 Å². The molecule has 26 nitrogen and oxygen atoms in total. The summed E-state index contributed by atoms with van der Waals surface area (Å²) in [5.74, 6) is -0.930. The van der Waals surface area contributed by atoms with Crippen molar-refractivity contribution in [1.82, 2.24) is 20.1 Å². The maximum absolute atomic E-state index is 13.9. The molecule has 2 fully saturated rings. The number of carbonyl (C=O) groups excluding carboxylic acids is 4. The molecule has 10 unspecified atom stereocenters. The number of carbonyl (C=O) groups is 4. The van der Waals surface area contributed by atoms with Gasteiger partial charge in [0.2, 0.25) is 9.20 Å². The van der Waals surface area contributed by atoms with E-state index in [0.717, 1.165) is 63.0 Å². The summed E-state index contributed by atoms with van der Waals surface area (Å²) in [5.41, 5.74) is 11.9. The van der Waals surface area contributed by atoms with Crippen LogP contribution >= 0.6 is 0 Å². The molecule has 2 saturated carbocycles. The van der Waals surface area contributed by atoms with Crippen LogP contribution in [-0.2, 0) is 78.3 Å². The first kappa shape index (κ1) is 94.2. The lowest BCUT2D eigenvalue weighted by atomic mass is 9.75. The van der Waals surface area contributed by atoms with Crippen molar-refractivity contribution in [3.05, 3.63) is 42.7 Å². The highest BCUT2D eigenvalue weighted by Crippen LogP contribution is 2.39. The van der Waals surface area contributed by atoms with Gasteiger partial charge in [-0.1, -0.05) is 36.9 Å². The van der Waals surface area contributed by atoms with Crippen molar-refractivity contribution >= 4 is 72.3 Å². The zero-order valence-electron chi connectivity index (χ0n) is 65.8. The third kappa shape index (κ3) is 39.8. The molecule has 598 valence electrons. The van der Waals surface area contributed by atoms with E-state index in [4.69, 9.17) is 70.6 Å². The van der Waals surface area contributed by atoms with Gasteiger partial charge in [-0.15, -0.1) is 0 Å². The van der Waals surface area contributed by atoms with Gasteiger partial charge in [0.25, 0.3) is 0 Å². The van der Waals surface area contributed by atoms with Gasteiger partial charge in [0.05, 0.1) is 91.1 Å². The lowest BCUT2D eigenvalue weighted by Gasteiger charge is -2.44. The van der Waals surface area contributed by atoms with Gasteiger partial charge in [-0.2, -0.15) is 0 Å². The smallest absolute Gasteiger partial charge is 0.508 e. The van der Waals surface area contributed by atoms with E-state index in [9.17, 15) is 34.5 Å². The molecule has 1 aromatic carbocycles. The Hall–Kier alpha value is -2.96. The second-order valence-corrected chi connectivity index (χ2v) is 47.9. The van der Waals surface area contributed by atoms with Gasteiger partial charge in [0.1, 0.15) is 24.4 Å². The van der Waals surface area contributed by atoms with Gasteiger partial charge in [-0.3, -0.25) is 29.0 Å². The maximum Gasteiger partial charge on any atom is 0.508 e. The Balaban J connectivity index is 1.81. The van der Waals surface area contributed by atoms with Crippen molar-refractivity contribution in [2.45, 2.75) is 263 Å². The lowest BCUT2D eigenvalue weighted by Crippen LogP contribution is -2.69. The summed E-state index contributed by atoms with van der Waals surface area (Å²) in [4.78, 5) is 60.5. The number of likely N-dealkylation sites (N-methyl/N-ethyl adjacent to an activating group) is 1. The van der Waals surface area contributed by atoms with E-state index in [1.54, 1.807) is 27.7 Å².